The number of hydrogen-bond donors (Lipinski definition) is 0. The van der Waals surface area contributed by atoms with Gasteiger partial charge in [-0.15, -0.1) is 0 Å². The van der Waals surface area contributed by atoms with E-state index in [-0.39, 0.29) is 0 Å². The molecule has 0 aromatic carbocycles. The van der Waals surface area contributed by atoms with Crippen LogP contribution in [0.25, 0.3) is 11.0 Å². The van der Waals surface area contributed by atoms with E-state index in [1.807, 2.05) is 6.07 Å². The SMILES string of the molecule is CCCc1nc(Cl)cc2c1nc(C1CCN(C)CC1)n2C. The van der Waals surface area contributed by atoms with Crippen LogP contribution >= 0.6 is 11.6 Å². The molecule has 0 unspecified atom stereocenters. The Labute approximate surface area is 131 Å². The molecule has 3 heterocycles. The van der Waals surface area contributed by atoms with Crippen LogP contribution in [0.5, 0.6) is 0 Å². The molecule has 114 valence electrons. The van der Waals surface area contributed by atoms with Crippen molar-refractivity contribution in [1.82, 2.24) is 19.4 Å². The van der Waals surface area contributed by atoms with Crippen LogP contribution in [-0.2, 0) is 13.5 Å². The van der Waals surface area contributed by atoms with Gasteiger partial charge < -0.3 is 9.47 Å². The molecule has 0 N–H and O–H groups in total. The maximum atomic E-state index is 6.19. The molecular weight excluding hydrogens is 284 g/mol. The highest BCUT2D eigenvalue weighted by Crippen LogP contribution is 2.31. The minimum Gasteiger partial charge on any atom is -0.331 e. The Morgan fingerprint density at radius 1 is 1.24 bits per heavy atom. The molecule has 0 atom stereocenters. The van der Waals surface area contributed by atoms with Crippen molar-refractivity contribution in [2.75, 3.05) is 20.1 Å². The average Bonchev–Trinajstić information content (AvgIpc) is 2.78. The topological polar surface area (TPSA) is 34.0 Å². The van der Waals surface area contributed by atoms with Crippen molar-refractivity contribution < 1.29 is 0 Å². The van der Waals surface area contributed by atoms with Gasteiger partial charge in [0, 0.05) is 19.0 Å². The van der Waals surface area contributed by atoms with Gasteiger partial charge in [-0.2, -0.15) is 0 Å². The van der Waals surface area contributed by atoms with Gasteiger partial charge in [-0.3, -0.25) is 0 Å². The molecular formula is C16H23ClN4. The Hall–Kier alpha value is -1.13. The Bertz CT molecular complexity index is 641. The lowest BCUT2D eigenvalue weighted by Crippen LogP contribution is -2.30. The maximum Gasteiger partial charge on any atom is 0.131 e. The van der Waals surface area contributed by atoms with E-state index in [1.165, 1.54) is 18.7 Å². The summed E-state index contributed by atoms with van der Waals surface area (Å²) in [6.45, 7) is 4.46. The van der Waals surface area contributed by atoms with Crippen molar-refractivity contribution in [2.24, 2.45) is 7.05 Å². The summed E-state index contributed by atoms with van der Waals surface area (Å²) in [6, 6.07) is 1.95. The third-order valence-corrected chi connectivity index (χ3v) is 4.71. The van der Waals surface area contributed by atoms with E-state index >= 15 is 0 Å². The molecule has 2 aromatic heterocycles. The third kappa shape index (κ3) is 2.79. The molecule has 1 aliphatic rings. The second-order valence-corrected chi connectivity index (χ2v) is 6.50. The monoisotopic (exact) mass is 306 g/mol. The number of aromatic nitrogens is 3. The Kier molecular flexibility index (Phi) is 4.18. The smallest absolute Gasteiger partial charge is 0.131 e. The summed E-state index contributed by atoms with van der Waals surface area (Å²) in [7, 11) is 4.29. The predicted molar refractivity (Wildman–Crippen MR) is 87.0 cm³/mol. The number of piperidine rings is 1. The van der Waals surface area contributed by atoms with Crippen molar-refractivity contribution >= 4 is 22.6 Å². The molecule has 1 aliphatic heterocycles. The molecule has 4 nitrogen and oxygen atoms in total. The van der Waals surface area contributed by atoms with Gasteiger partial charge in [-0.05, 0) is 39.4 Å². The lowest BCUT2D eigenvalue weighted by atomic mass is 9.96. The van der Waals surface area contributed by atoms with Gasteiger partial charge in [0.2, 0.25) is 0 Å². The van der Waals surface area contributed by atoms with E-state index in [2.05, 4.69) is 35.5 Å². The summed E-state index contributed by atoms with van der Waals surface area (Å²) in [6.07, 6.45) is 4.35. The summed E-state index contributed by atoms with van der Waals surface area (Å²) in [5.74, 6) is 1.74. The lowest BCUT2D eigenvalue weighted by Gasteiger charge is -2.28. The van der Waals surface area contributed by atoms with Crippen LogP contribution in [0.2, 0.25) is 5.15 Å². The zero-order valence-corrected chi connectivity index (χ0v) is 13.8. The molecule has 1 saturated heterocycles. The van der Waals surface area contributed by atoms with Crippen LogP contribution in [0.4, 0.5) is 0 Å². The molecule has 5 heteroatoms. The highest BCUT2D eigenvalue weighted by atomic mass is 35.5. The average molecular weight is 307 g/mol. The first kappa shape index (κ1) is 14.8. The molecule has 0 aliphatic carbocycles. The third-order valence-electron chi connectivity index (χ3n) is 4.52. The fourth-order valence-corrected chi connectivity index (χ4v) is 3.48. The normalized spacial score (nSPS) is 17.7. The van der Waals surface area contributed by atoms with E-state index in [0.717, 1.165) is 42.7 Å². The largest absolute Gasteiger partial charge is 0.331 e. The molecule has 0 bridgehead atoms. The van der Waals surface area contributed by atoms with E-state index in [1.54, 1.807) is 0 Å². The van der Waals surface area contributed by atoms with E-state index in [4.69, 9.17) is 16.6 Å². The van der Waals surface area contributed by atoms with Gasteiger partial charge in [0.05, 0.1) is 11.2 Å². The van der Waals surface area contributed by atoms with Gasteiger partial charge in [-0.25, -0.2) is 9.97 Å². The number of aryl methyl sites for hydroxylation is 2. The highest BCUT2D eigenvalue weighted by Gasteiger charge is 2.24. The Balaban J connectivity index is 2.04. The van der Waals surface area contributed by atoms with Gasteiger partial charge in [0.25, 0.3) is 0 Å². The minimum absolute atomic E-state index is 0.548. The van der Waals surface area contributed by atoms with Gasteiger partial charge in [0.1, 0.15) is 16.5 Å². The molecule has 0 radical (unpaired) electrons. The second kappa shape index (κ2) is 5.93. The second-order valence-electron chi connectivity index (χ2n) is 6.12. The number of rotatable bonds is 3. The van der Waals surface area contributed by atoms with Gasteiger partial charge in [-0.1, -0.05) is 24.9 Å². The predicted octanol–water partition coefficient (Wildman–Crippen LogP) is 3.38. The summed E-state index contributed by atoms with van der Waals surface area (Å²) >= 11 is 6.19. The quantitative estimate of drug-likeness (QED) is 0.815. The lowest BCUT2D eigenvalue weighted by molar-refractivity contribution is 0.250. The Morgan fingerprint density at radius 3 is 2.62 bits per heavy atom. The van der Waals surface area contributed by atoms with Crippen molar-refractivity contribution in [3.63, 3.8) is 0 Å². The van der Waals surface area contributed by atoms with Crippen LogP contribution in [0.3, 0.4) is 0 Å². The summed E-state index contributed by atoms with van der Waals surface area (Å²) < 4.78 is 2.22. The van der Waals surface area contributed by atoms with Crippen LogP contribution < -0.4 is 0 Å². The van der Waals surface area contributed by atoms with Gasteiger partial charge >= 0.3 is 0 Å². The zero-order chi connectivity index (χ0) is 15.0. The maximum absolute atomic E-state index is 6.19. The number of imidazole rings is 1. The number of likely N-dealkylation sites (tertiary alicyclic amines) is 1. The molecule has 3 rings (SSSR count). The van der Waals surface area contributed by atoms with Crippen LogP contribution in [0.15, 0.2) is 6.07 Å². The standard InChI is InChI=1S/C16H23ClN4/c1-4-5-12-15-13(10-14(17)18-12)21(3)16(19-15)11-6-8-20(2)9-7-11/h10-11H,4-9H2,1-3H3. The highest BCUT2D eigenvalue weighted by molar-refractivity contribution is 6.30. The number of fused-ring (bicyclic) bond motifs is 1. The fourth-order valence-electron chi connectivity index (χ4n) is 3.28. The Morgan fingerprint density at radius 2 is 1.95 bits per heavy atom. The number of nitrogens with zero attached hydrogens (tertiary/aromatic N) is 4. The van der Waals surface area contributed by atoms with E-state index in [0.29, 0.717) is 11.1 Å². The molecule has 0 spiro atoms. The first-order valence-electron chi connectivity index (χ1n) is 7.80. The molecule has 0 saturated carbocycles. The van der Waals surface area contributed by atoms with Crippen molar-refractivity contribution in [1.29, 1.82) is 0 Å². The summed E-state index contributed by atoms with van der Waals surface area (Å²) in [4.78, 5) is 11.8. The molecule has 0 amide bonds. The van der Waals surface area contributed by atoms with Crippen molar-refractivity contribution in [3.8, 4) is 0 Å². The van der Waals surface area contributed by atoms with Crippen molar-refractivity contribution in [3.05, 3.63) is 22.7 Å². The van der Waals surface area contributed by atoms with Crippen LogP contribution in [0.1, 0.15) is 43.6 Å². The van der Waals surface area contributed by atoms with E-state index < -0.39 is 0 Å². The minimum atomic E-state index is 0.548. The van der Waals surface area contributed by atoms with Crippen molar-refractivity contribution in [2.45, 2.75) is 38.5 Å². The first-order chi connectivity index (χ1) is 10.1. The first-order valence-corrected chi connectivity index (χ1v) is 8.18. The van der Waals surface area contributed by atoms with Crippen LogP contribution in [-0.4, -0.2) is 39.6 Å². The van der Waals surface area contributed by atoms with Gasteiger partial charge in [0.15, 0.2) is 0 Å². The molecule has 1 fully saturated rings. The van der Waals surface area contributed by atoms with Crippen LogP contribution in [0, 0.1) is 0 Å². The molecule has 2 aromatic rings. The fraction of sp³-hybridized carbons (Fsp3) is 0.625. The summed E-state index contributed by atoms with van der Waals surface area (Å²) in [5.41, 5.74) is 3.19. The van der Waals surface area contributed by atoms with E-state index in [9.17, 15) is 0 Å². The molecule has 21 heavy (non-hydrogen) atoms. The zero-order valence-electron chi connectivity index (χ0n) is 13.1. The number of halogens is 1. The number of pyridine rings is 1. The summed E-state index contributed by atoms with van der Waals surface area (Å²) in [5, 5.41) is 0.573. The number of hydrogen-bond acceptors (Lipinski definition) is 3.